The topological polar surface area (TPSA) is 84.3 Å². The Balaban J connectivity index is 1.97. The van der Waals surface area contributed by atoms with Crippen LogP contribution in [-0.4, -0.2) is 39.7 Å². The van der Waals surface area contributed by atoms with Crippen LogP contribution in [0, 0.1) is 5.92 Å². The number of anilines is 1. The van der Waals surface area contributed by atoms with Crippen LogP contribution in [0.3, 0.4) is 0 Å². The van der Waals surface area contributed by atoms with Crippen molar-refractivity contribution in [2.75, 3.05) is 18.5 Å². The van der Waals surface area contributed by atoms with Crippen LogP contribution < -0.4 is 5.32 Å². The van der Waals surface area contributed by atoms with Crippen LogP contribution in [0.25, 0.3) is 0 Å². The summed E-state index contributed by atoms with van der Waals surface area (Å²) in [5, 5.41) is 12.8. The van der Waals surface area contributed by atoms with E-state index in [1.807, 2.05) is 0 Å². The molecule has 1 aliphatic rings. The van der Waals surface area contributed by atoms with Crippen LogP contribution in [0.2, 0.25) is 0 Å². The SMILES string of the molecule is CCCc1nsc(NC2COCC2C(=O)O)n1. The maximum absolute atomic E-state index is 11.0. The zero-order valence-corrected chi connectivity index (χ0v) is 10.4. The van der Waals surface area contributed by atoms with Crippen LogP contribution in [0.1, 0.15) is 19.2 Å². The van der Waals surface area contributed by atoms with Gasteiger partial charge in [-0.3, -0.25) is 4.79 Å². The first kappa shape index (κ1) is 12.3. The largest absolute Gasteiger partial charge is 0.481 e. The van der Waals surface area contributed by atoms with Gasteiger partial charge in [0.1, 0.15) is 11.7 Å². The summed E-state index contributed by atoms with van der Waals surface area (Å²) in [6, 6.07) is -0.213. The van der Waals surface area contributed by atoms with Crippen LogP contribution in [-0.2, 0) is 16.0 Å². The summed E-state index contributed by atoms with van der Waals surface area (Å²) < 4.78 is 9.37. The molecule has 94 valence electrons. The third kappa shape index (κ3) is 2.92. The number of rotatable bonds is 5. The highest BCUT2D eigenvalue weighted by atomic mass is 32.1. The number of nitrogens with zero attached hydrogens (tertiary/aromatic N) is 2. The quantitative estimate of drug-likeness (QED) is 0.818. The molecular weight excluding hydrogens is 242 g/mol. The summed E-state index contributed by atoms with van der Waals surface area (Å²) >= 11 is 1.27. The maximum Gasteiger partial charge on any atom is 0.311 e. The van der Waals surface area contributed by atoms with Crippen molar-refractivity contribution >= 4 is 22.6 Å². The van der Waals surface area contributed by atoms with E-state index in [4.69, 9.17) is 9.84 Å². The molecule has 2 unspecified atom stereocenters. The van der Waals surface area contributed by atoms with Crippen molar-refractivity contribution in [1.82, 2.24) is 9.36 Å². The van der Waals surface area contributed by atoms with Crippen molar-refractivity contribution in [3.05, 3.63) is 5.82 Å². The second-order valence-corrected chi connectivity index (χ2v) is 4.75. The van der Waals surface area contributed by atoms with E-state index < -0.39 is 11.9 Å². The molecule has 0 bridgehead atoms. The van der Waals surface area contributed by atoms with Gasteiger partial charge in [0, 0.05) is 18.0 Å². The Kier molecular flexibility index (Phi) is 3.90. The second-order valence-electron chi connectivity index (χ2n) is 4.00. The minimum absolute atomic E-state index is 0.213. The van der Waals surface area contributed by atoms with E-state index in [9.17, 15) is 4.79 Å². The van der Waals surface area contributed by atoms with Crippen LogP contribution in [0.5, 0.6) is 0 Å². The molecule has 0 radical (unpaired) electrons. The van der Waals surface area contributed by atoms with E-state index in [0.29, 0.717) is 11.7 Å². The number of aryl methyl sites for hydroxylation is 1. The zero-order chi connectivity index (χ0) is 12.3. The first-order chi connectivity index (χ1) is 8.20. The molecule has 1 aromatic rings. The molecule has 6 nitrogen and oxygen atoms in total. The van der Waals surface area contributed by atoms with E-state index in [-0.39, 0.29) is 12.6 Å². The van der Waals surface area contributed by atoms with E-state index in [1.54, 1.807) is 0 Å². The molecule has 0 aromatic carbocycles. The van der Waals surface area contributed by atoms with Crippen molar-refractivity contribution in [3.63, 3.8) is 0 Å². The molecule has 17 heavy (non-hydrogen) atoms. The lowest BCUT2D eigenvalue weighted by Gasteiger charge is -2.13. The number of nitrogens with one attached hydrogen (secondary N) is 1. The molecule has 0 saturated carbocycles. The summed E-state index contributed by atoms with van der Waals surface area (Å²) in [6.45, 7) is 2.73. The minimum Gasteiger partial charge on any atom is -0.481 e. The number of aromatic nitrogens is 2. The van der Waals surface area contributed by atoms with Gasteiger partial charge in [-0.1, -0.05) is 6.92 Å². The third-order valence-electron chi connectivity index (χ3n) is 2.65. The molecule has 0 aliphatic carbocycles. The van der Waals surface area contributed by atoms with Crippen molar-refractivity contribution < 1.29 is 14.6 Å². The highest BCUT2D eigenvalue weighted by molar-refractivity contribution is 7.09. The van der Waals surface area contributed by atoms with Gasteiger partial charge in [0.15, 0.2) is 0 Å². The number of carboxylic acid groups (broad SMARTS) is 1. The van der Waals surface area contributed by atoms with Gasteiger partial charge in [0.25, 0.3) is 0 Å². The summed E-state index contributed by atoms with van der Waals surface area (Å²) in [7, 11) is 0. The first-order valence-corrected chi connectivity index (χ1v) is 6.37. The number of aliphatic carboxylic acids is 1. The Hall–Kier alpha value is -1.21. The lowest BCUT2D eigenvalue weighted by molar-refractivity contribution is -0.141. The number of carboxylic acids is 1. The number of carbonyl (C=O) groups is 1. The average molecular weight is 257 g/mol. The average Bonchev–Trinajstić information content (AvgIpc) is 2.89. The Morgan fingerprint density at radius 2 is 2.47 bits per heavy atom. The standard InChI is InChI=1S/C10H15N3O3S/c1-2-3-8-12-10(17-13-8)11-7-5-16-4-6(7)9(14)15/h6-7H,2-5H2,1H3,(H,14,15)(H,11,12,13). The minimum atomic E-state index is -0.835. The molecule has 1 fully saturated rings. The monoisotopic (exact) mass is 257 g/mol. The predicted molar refractivity (Wildman–Crippen MR) is 63.3 cm³/mol. The van der Waals surface area contributed by atoms with Crippen molar-refractivity contribution in [2.45, 2.75) is 25.8 Å². The fraction of sp³-hybridized carbons (Fsp3) is 0.700. The molecular formula is C10H15N3O3S. The van der Waals surface area contributed by atoms with Gasteiger partial charge in [-0.05, 0) is 6.42 Å². The Morgan fingerprint density at radius 1 is 1.65 bits per heavy atom. The van der Waals surface area contributed by atoms with Crippen molar-refractivity contribution in [1.29, 1.82) is 0 Å². The highest BCUT2D eigenvalue weighted by Gasteiger charge is 2.34. The van der Waals surface area contributed by atoms with E-state index >= 15 is 0 Å². The van der Waals surface area contributed by atoms with Gasteiger partial charge in [-0.2, -0.15) is 4.37 Å². The zero-order valence-electron chi connectivity index (χ0n) is 9.55. The Morgan fingerprint density at radius 3 is 3.18 bits per heavy atom. The van der Waals surface area contributed by atoms with Gasteiger partial charge >= 0.3 is 5.97 Å². The molecule has 2 heterocycles. The van der Waals surface area contributed by atoms with Gasteiger partial charge in [-0.15, -0.1) is 0 Å². The van der Waals surface area contributed by atoms with Crippen LogP contribution >= 0.6 is 11.5 Å². The van der Waals surface area contributed by atoms with E-state index in [0.717, 1.165) is 18.7 Å². The normalized spacial score (nSPS) is 23.8. The van der Waals surface area contributed by atoms with Crippen LogP contribution in [0.4, 0.5) is 5.13 Å². The lowest BCUT2D eigenvalue weighted by Crippen LogP contribution is -2.33. The Bertz CT molecular complexity index is 396. The second kappa shape index (κ2) is 5.42. The fourth-order valence-electron chi connectivity index (χ4n) is 1.74. The smallest absolute Gasteiger partial charge is 0.311 e. The third-order valence-corrected chi connectivity index (χ3v) is 3.33. The first-order valence-electron chi connectivity index (χ1n) is 5.60. The molecule has 1 aromatic heterocycles. The molecule has 2 rings (SSSR count). The van der Waals surface area contributed by atoms with Crippen molar-refractivity contribution in [2.24, 2.45) is 5.92 Å². The number of hydrogen-bond acceptors (Lipinski definition) is 6. The van der Waals surface area contributed by atoms with Gasteiger partial charge in [-0.25, -0.2) is 4.98 Å². The van der Waals surface area contributed by atoms with Crippen LogP contribution in [0.15, 0.2) is 0 Å². The molecule has 7 heteroatoms. The molecule has 2 N–H and O–H groups in total. The van der Waals surface area contributed by atoms with Crippen molar-refractivity contribution in [3.8, 4) is 0 Å². The van der Waals surface area contributed by atoms with Gasteiger partial charge < -0.3 is 15.2 Å². The van der Waals surface area contributed by atoms with Gasteiger partial charge in [0.05, 0.1) is 19.3 Å². The molecule has 0 amide bonds. The lowest BCUT2D eigenvalue weighted by atomic mass is 10.1. The summed E-state index contributed by atoms with van der Waals surface area (Å²) in [6.07, 6.45) is 1.85. The molecule has 2 atom stereocenters. The molecule has 0 spiro atoms. The van der Waals surface area contributed by atoms with Gasteiger partial charge in [0.2, 0.25) is 5.13 Å². The summed E-state index contributed by atoms with van der Waals surface area (Å²) in [5.74, 6) is -0.530. The van der Waals surface area contributed by atoms with E-state index in [2.05, 4.69) is 21.6 Å². The predicted octanol–water partition coefficient (Wildman–Crippen LogP) is 1.00. The Labute approximate surface area is 103 Å². The van der Waals surface area contributed by atoms with E-state index in [1.165, 1.54) is 11.5 Å². The molecule has 1 saturated heterocycles. The highest BCUT2D eigenvalue weighted by Crippen LogP contribution is 2.20. The maximum atomic E-state index is 11.0. The summed E-state index contributed by atoms with van der Waals surface area (Å²) in [5.41, 5.74) is 0. The number of hydrogen-bond donors (Lipinski definition) is 2. The number of ether oxygens (including phenoxy) is 1. The fourth-order valence-corrected chi connectivity index (χ4v) is 2.41. The summed E-state index contributed by atoms with van der Waals surface area (Å²) in [4.78, 5) is 15.3. The molecule has 1 aliphatic heterocycles.